The van der Waals surface area contributed by atoms with E-state index >= 15 is 0 Å². The van der Waals surface area contributed by atoms with Gasteiger partial charge in [-0.2, -0.15) is 0 Å². The van der Waals surface area contributed by atoms with Crippen LogP contribution in [0.15, 0.2) is 42.5 Å². The molecule has 8 nitrogen and oxygen atoms in total. The summed E-state index contributed by atoms with van der Waals surface area (Å²) in [6.07, 6.45) is 1.79. The Morgan fingerprint density at radius 1 is 1.13 bits per heavy atom. The maximum Gasteiger partial charge on any atom is 0.360 e. The Kier molecular flexibility index (Phi) is 5.94. The van der Waals surface area contributed by atoms with Gasteiger partial charge in [0.25, 0.3) is 0 Å². The standard InChI is InChI=1S/C22H23N3O5/c1-27-14-9-10-18(19(12-14)28-2)25-21-20(22(26)30-13-15-6-5-11-29-15)23-16-7-3-4-8-17(16)24-21/h3-4,7-10,12,15H,5-6,11,13H2,1-2H3,(H,24,25). The van der Waals surface area contributed by atoms with E-state index in [2.05, 4.69) is 15.3 Å². The van der Waals surface area contributed by atoms with Gasteiger partial charge in [-0.3, -0.25) is 0 Å². The van der Waals surface area contributed by atoms with Gasteiger partial charge < -0.3 is 24.3 Å². The number of anilines is 2. The quantitative estimate of drug-likeness (QED) is 0.590. The number of aromatic nitrogens is 2. The Labute approximate surface area is 174 Å². The number of nitrogens with zero attached hydrogens (tertiary/aromatic N) is 2. The van der Waals surface area contributed by atoms with Crippen molar-refractivity contribution in [2.45, 2.75) is 18.9 Å². The third-order valence-electron chi connectivity index (χ3n) is 4.85. The number of rotatable bonds is 7. The highest BCUT2D eigenvalue weighted by atomic mass is 16.6. The fourth-order valence-electron chi connectivity index (χ4n) is 3.27. The summed E-state index contributed by atoms with van der Waals surface area (Å²) in [6, 6.07) is 12.7. The summed E-state index contributed by atoms with van der Waals surface area (Å²) in [5.41, 5.74) is 1.98. The van der Waals surface area contributed by atoms with Crippen molar-refractivity contribution in [3.8, 4) is 11.5 Å². The van der Waals surface area contributed by atoms with Gasteiger partial charge in [0.05, 0.1) is 37.0 Å². The molecule has 30 heavy (non-hydrogen) atoms. The van der Waals surface area contributed by atoms with E-state index in [9.17, 15) is 4.79 Å². The third kappa shape index (κ3) is 4.28. The summed E-state index contributed by atoms with van der Waals surface area (Å²) in [6.45, 7) is 0.890. The molecule has 3 aromatic rings. The lowest BCUT2D eigenvalue weighted by Gasteiger charge is -2.15. The number of hydrogen-bond acceptors (Lipinski definition) is 8. The van der Waals surface area contributed by atoms with Crippen molar-refractivity contribution in [2.24, 2.45) is 0 Å². The van der Waals surface area contributed by atoms with Gasteiger partial charge in [0.15, 0.2) is 11.5 Å². The number of ether oxygens (including phenoxy) is 4. The molecule has 1 fully saturated rings. The van der Waals surface area contributed by atoms with Gasteiger partial charge in [-0.1, -0.05) is 12.1 Å². The van der Waals surface area contributed by atoms with E-state index in [0.717, 1.165) is 12.8 Å². The molecule has 2 aromatic carbocycles. The van der Waals surface area contributed by atoms with E-state index in [1.807, 2.05) is 18.2 Å². The van der Waals surface area contributed by atoms with Crippen molar-refractivity contribution in [1.82, 2.24) is 9.97 Å². The highest BCUT2D eigenvalue weighted by Crippen LogP contribution is 2.32. The number of benzene rings is 2. The molecule has 1 saturated heterocycles. The third-order valence-corrected chi connectivity index (χ3v) is 4.85. The molecule has 0 spiro atoms. The van der Waals surface area contributed by atoms with Crippen LogP contribution in [0.25, 0.3) is 11.0 Å². The number of carbonyl (C=O) groups is 1. The van der Waals surface area contributed by atoms with Crippen molar-refractivity contribution >= 4 is 28.5 Å². The second-order valence-electron chi connectivity index (χ2n) is 6.83. The van der Waals surface area contributed by atoms with Crippen LogP contribution in [-0.4, -0.2) is 49.5 Å². The van der Waals surface area contributed by atoms with E-state index in [1.165, 1.54) is 0 Å². The molecule has 156 valence electrons. The predicted molar refractivity (Wildman–Crippen MR) is 112 cm³/mol. The molecule has 0 bridgehead atoms. The van der Waals surface area contributed by atoms with E-state index in [1.54, 1.807) is 38.5 Å². The SMILES string of the molecule is COc1ccc(Nc2nc3ccccc3nc2C(=O)OCC2CCCO2)c(OC)c1. The van der Waals surface area contributed by atoms with Crippen LogP contribution in [0, 0.1) is 0 Å². The summed E-state index contributed by atoms with van der Waals surface area (Å²) < 4.78 is 21.7. The summed E-state index contributed by atoms with van der Waals surface area (Å²) in [7, 11) is 3.14. The second-order valence-corrected chi connectivity index (χ2v) is 6.83. The van der Waals surface area contributed by atoms with Crippen LogP contribution in [0.1, 0.15) is 23.3 Å². The van der Waals surface area contributed by atoms with Gasteiger partial charge >= 0.3 is 5.97 Å². The highest BCUT2D eigenvalue weighted by Gasteiger charge is 2.23. The molecule has 1 N–H and O–H groups in total. The fraction of sp³-hybridized carbons (Fsp3) is 0.318. The van der Waals surface area contributed by atoms with E-state index in [0.29, 0.717) is 34.8 Å². The van der Waals surface area contributed by atoms with Crippen molar-refractivity contribution in [1.29, 1.82) is 0 Å². The molecular weight excluding hydrogens is 386 g/mol. The van der Waals surface area contributed by atoms with E-state index < -0.39 is 5.97 Å². The summed E-state index contributed by atoms with van der Waals surface area (Å²) in [5, 5.41) is 3.16. The summed E-state index contributed by atoms with van der Waals surface area (Å²) in [5.74, 6) is 0.925. The lowest BCUT2D eigenvalue weighted by atomic mass is 10.2. The Bertz CT molecular complexity index is 1050. The first kappa shape index (κ1) is 19.9. The lowest BCUT2D eigenvalue weighted by Crippen LogP contribution is -2.19. The molecule has 1 atom stereocenters. The first-order valence-corrected chi connectivity index (χ1v) is 9.72. The molecule has 2 heterocycles. The molecule has 0 radical (unpaired) electrons. The van der Waals surface area contributed by atoms with E-state index in [-0.39, 0.29) is 24.2 Å². The topological polar surface area (TPSA) is 91.8 Å². The molecular formula is C22H23N3O5. The average molecular weight is 409 g/mol. The van der Waals surface area contributed by atoms with Crippen LogP contribution in [0.3, 0.4) is 0 Å². The minimum Gasteiger partial charge on any atom is -0.497 e. The van der Waals surface area contributed by atoms with Crippen LogP contribution >= 0.6 is 0 Å². The molecule has 1 aliphatic rings. The minimum atomic E-state index is -0.557. The van der Waals surface area contributed by atoms with Crippen molar-refractivity contribution in [3.05, 3.63) is 48.2 Å². The summed E-state index contributed by atoms with van der Waals surface area (Å²) >= 11 is 0. The number of esters is 1. The van der Waals surface area contributed by atoms with Gasteiger partial charge in [-0.15, -0.1) is 0 Å². The molecule has 0 amide bonds. The smallest absolute Gasteiger partial charge is 0.360 e. The number of para-hydroxylation sites is 2. The van der Waals surface area contributed by atoms with Crippen LogP contribution < -0.4 is 14.8 Å². The number of nitrogens with one attached hydrogen (secondary N) is 1. The van der Waals surface area contributed by atoms with Crippen LogP contribution in [0.2, 0.25) is 0 Å². The van der Waals surface area contributed by atoms with Gasteiger partial charge in [0, 0.05) is 12.7 Å². The van der Waals surface area contributed by atoms with Gasteiger partial charge in [0.2, 0.25) is 0 Å². The zero-order valence-corrected chi connectivity index (χ0v) is 16.9. The first-order valence-electron chi connectivity index (χ1n) is 9.72. The normalized spacial score (nSPS) is 15.7. The van der Waals surface area contributed by atoms with Crippen LogP contribution in [-0.2, 0) is 9.47 Å². The molecule has 0 saturated carbocycles. The zero-order chi connectivity index (χ0) is 20.9. The Morgan fingerprint density at radius 2 is 1.93 bits per heavy atom. The highest BCUT2D eigenvalue weighted by molar-refractivity contribution is 5.96. The van der Waals surface area contributed by atoms with Gasteiger partial charge in [-0.25, -0.2) is 14.8 Å². The molecule has 0 aliphatic carbocycles. The van der Waals surface area contributed by atoms with Crippen molar-refractivity contribution < 1.29 is 23.7 Å². The minimum absolute atomic E-state index is 0.0690. The maximum atomic E-state index is 12.8. The molecule has 1 unspecified atom stereocenters. The zero-order valence-electron chi connectivity index (χ0n) is 16.9. The molecule has 1 aliphatic heterocycles. The molecule has 1 aromatic heterocycles. The monoisotopic (exact) mass is 409 g/mol. The van der Waals surface area contributed by atoms with Gasteiger partial charge in [0.1, 0.15) is 18.1 Å². The maximum absolute atomic E-state index is 12.8. The number of hydrogen-bond donors (Lipinski definition) is 1. The van der Waals surface area contributed by atoms with Crippen molar-refractivity contribution in [3.63, 3.8) is 0 Å². The Balaban J connectivity index is 1.67. The second kappa shape index (κ2) is 8.96. The molecule has 4 rings (SSSR count). The number of carbonyl (C=O) groups excluding carboxylic acids is 1. The Hall–Kier alpha value is -3.39. The lowest BCUT2D eigenvalue weighted by molar-refractivity contribution is 0.0157. The Morgan fingerprint density at radius 3 is 2.63 bits per heavy atom. The van der Waals surface area contributed by atoms with E-state index in [4.69, 9.17) is 18.9 Å². The van der Waals surface area contributed by atoms with Gasteiger partial charge in [-0.05, 0) is 37.1 Å². The largest absolute Gasteiger partial charge is 0.497 e. The average Bonchev–Trinajstić information content (AvgIpc) is 3.31. The van der Waals surface area contributed by atoms with Crippen molar-refractivity contribution in [2.75, 3.05) is 32.8 Å². The molecule has 8 heteroatoms. The number of fused-ring (bicyclic) bond motifs is 1. The number of methoxy groups -OCH3 is 2. The fourth-order valence-corrected chi connectivity index (χ4v) is 3.27. The van der Waals surface area contributed by atoms with Crippen LogP contribution in [0.4, 0.5) is 11.5 Å². The first-order chi connectivity index (χ1) is 14.7. The predicted octanol–water partition coefficient (Wildman–Crippen LogP) is 3.73. The van der Waals surface area contributed by atoms with Crippen LogP contribution in [0.5, 0.6) is 11.5 Å². The summed E-state index contributed by atoms with van der Waals surface area (Å²) in [4.78, 5) is 21.9.